The molecule has 3 rings (SSSR count). The number of hydrogen-bond donors (Lipinski definition) is 0. The third-order valence-electron chi connectivity index (χ3n) is 2.60. The number of benzene rings is 1. The molecule has 0 aliphatic heterocycles. The average Bonchev–Trinajstić information content (AvgIpc) is 3.01. The van der Waals surface area contributed by atoms with E-state index in [0.717, 1.165) is 23.9 Å². The Balaban J connectivity index is 2.42. The monoisotopic (exact) mass is 186 g/mol. The second kappa shape index (κ2) is 2.67. The van der Waals surface area contributed by atoms with Crippen molar-refractivity contribution in [1.29, 1.82) is 0 Å². The Labute approximate surface area is 81.0 Å². The molecule has 1 aromatic carbocycles. The summed E-state index contributed by atoms with van der Waals surface area (Å²) in [6.45, 7) is 0. The van der Waals surface area contributed by atoms with Crippen molar-refractivity contribution < 1.29 is 0 Å². The molecule has 0 atom stereocenters. The standard InChI is InChI=1S/C11H10N2O/c14-11-7-12-9-3-1-2-4-10(9)13(11)8-5-6-8/h1-4,7-8H,5-6H2. The van der Waals surface area contributed by atoms with Crippen LogP contribution >= 0.6 is 0 Å². The third kappa shape index (κ3) is 1.05. The largest absolute Gasteiger partial charge is 0.302 e. The topological polar surface area (TPSA) is 34.9 Å². The van der Waals surface area contributed by atoms with Gasteiger partial charge in [-0.15, -0.1) is 0 Å². The number of rotatable bonds is 1. The van der Waals surface area contributed by atoms with Crippen LogP contribution < -0.4 is 5.56 Å². The first kappa shape index (κ1) is 7.74. The van der Waals surface area contributed by atoms with Gasteiger partial charge in [-0.25, -0.2) is 4.98 Å². The van der Waals surface area contributed by atoms with E-state index in [1.165, 1.54) is 6.20 Å². The first-order valence-corrected chi connectivity index (χ1v) is 4.82. The molecule has 0 spiro atoms. The molecule has 1 heterocycles. The molecule has 2 aromatic rings. The van der Waals surface area contributed by atoms with Crippen LogP contribution in [0.15, 0.2) is 35.3 Å². The van der Waals surface area contributed by atoms with E-state index in [4.69, 9.17) is 0 Å². The molecule has 1 aliphatic carbocycles. The van der Waals surface area contributed by atoms with E-state index in [1.54, 1.807) is 0 Å². The third-order valence-corrected chi connectivity index (χ3v) is 2.60. The summed E-state index contributed by atoms with van der Waals surface area (Å²) in [6.07, 6.45) is 3.66. The van der Waals surface area contributed by atoms with Crippen molar-refractivity contribution in [3.8, 4) is 0 Å². The summed E-state index contributed by atoms with van der Waals surface area (Å²) in [7, 11) is 0. The maximum atomic E-state index is 11.6. The molecule has 14 heavy (non-hydrogen) atoms. The van der Waals surface area contributed by atoms with Crippen LogP contribution in [0, 0.1) is 0 Å². The first-order chi connectivity index (χ1) is 6.86. The van der Waals surface area contributed by atoms with Crippen molar-refractivity contribution in [1.82, 2.24) is 9.55 Å². The van der Waals surface area contributed by atoms with Crippen molar-refractivity contribution in [2.75, 3.05) is 0 Å². The van der Waals surface area contributed by atoms with Gasteiger partial charge in [0.25, 0.3) is 5.56 Å². The van der Waals surface area contributed by atoms with E-state index >= 15 is 0 Å². The minimum Gasteiger partial charge on any atom is -0.302 e. The van der Waals surface area contributed by atoms with Gasteiger partial charge in [0, 0.05) is 6.04 Å². The Morgan fingerprint density at radius 3 is 2.86 bits per heavy atom. The van der Waals surface area contributed by atoms with Crippen LogP contribution in [0.3, 0.4) is 0 Å². The summed E-state index contributed by atoms with van der Waals surface area (Å²) < 4.78 is 1.86. The van der Waals surface area contributed by atoms with Crippen molar-refractivity contribution in [3.63, 3.8) is 0 Å². The lowest BCUT2D eigenvalue weighted by Gasteiger charge is -2.06. The molecular formula is C11H10N2O. The normalized spacial score (nSPS) is 16.0. The van der Waals surface area contributed by atoms with Crippen LogP contribution in [0.4, 0.5) is 0 Å². The molecule has 1 saturated carbocycles. The van der Waals surface area contributed by atoms with Gasteiger partial charge in [-0.05, 0) is 25.0 Å². The Hall–Kier alpha value is -1.64. The summed E-state index contributed by atoms with van der Waals surface area (Å²) in [4.78, 5) is 15.7. The Kier molecular flexibility index (Phi) is 1.48. The molecule has 1 aromatic heterocycles. The van der Waals surface area contributed by atoms with Crippen LogP contribution in [0.2, 0.25) is 0 Å². The maximum absolute atomic E-state index is 11.6. The van der Waals surface area contributed by atoms with Crippen molar-refractivity contribution in [2.24, 2.45) is 0 Å². The van der Waals surface area contributed by atoms with Crippen LogP contribution in [0.25, 0.3) is 11.0 Å². The molecule has 3 nitrogen and oxygen atoms in total. The molecule has 0 bridgehead atoms. The maximum Gasteiger partial charge on any atom is 0.269 e. The number of nitrogens with zero attached hydrogens (tertiary/aromatic N) is 2. The highest BCUT2D eigenvalue weighted by molar-refractivity contribution is 5.74. The summed E-state index contributed by atoms with van der Waals surface area (Å²) in [5.41, 5.74) is 1.88. The fraction of sp³-hybridized carbons (Fsp3) is 0.273. The molecule has 0 N–H and O–H groups in total. The van der Waals surface area contributed by atoms with E-state index in [1.807, 2.05) is 28.8 Å². The van der Waals surface area contributed by atoms with Gasteiger partial charge in [0.15, 0.2) is 0 Å². The van der Waals surface area contributed by atoms with Crippen molar-refractivity contribution in [2.45, 2.75) is 18.9 Å². The SMILES string of the molecule is O=c1cnc2ccccc2n1C1CC1. The summed E-state index contributed by atoms with van der Waals surface area (Å²) in [6, 6.07) is 8.20. The quantitative estimate of drug-likeness (QED) is 0.679. The molecule has 0 amide bonds. The zero-order valence-electron chi connectivity index (χ0n) is 7.68. The number of aromatic nitrogens is 2. The average molecular weight is 186 g/mol. The van der Waals surface area contributed by atoms with Gasteiger partial charge in [-0.1, -0.05) is 12.1 Å². The summed E-state index contributed by atoms with van der Waals surface area (Å²) in [5, 5.41) is 0. The van der Waals surface area contributed by atoms with Gasteiger partial charge in [0.2, 0.25) is 0 Å². The van der Waals surface area contributed by atoms with E-state index in [2.05, 4.69) is 4.98 Å². The lowest BCUT2D eigenvalue weighted by atomic mass is 10.3. The van der Waals surface area contributed by atoms with E-state index in [0.29, 0.717) is 6.04 Å². The predicted octanol–water partition coefficient (Wildman–Crippen LogP) is 1.73. The van der Waals surface area contributed by atoms with Gasteiger partial charge < -0.3 is 4.57 Å². The lowest BCUT2D eigenvalue weighted by Crippen LogP contribution is -2.19. The Morgan fingerprint density at radius 2 is 2.07 bits per heavy atom. The minimum atomic E-state index is 0.0196. The first-order valence-electron chi connectivity index (χ1n) is 4.82. The Bertz CT molecular complexity index is 540. The van der Waals surface area contributed by atoms with Crippen LogP contribution in [-0.2, 0) is 0 Å². The number of para-hydroxylation sites is 2. The fourth-order valence-corrected chi connectivity index (χ4v) is 1.79. The minimum absolute atomic E-state index is 0.0196. The van der Waals surface area contributed by atoms with Crippen LogP contribution in [0.1, 0.15) is 18.9 Å². The molecule has 0 unspecified atom stereocenters. The van der Waals surface area contributed by atoms with Gasteiger partial charge in [-0.2, -0.15) is 0 Å². The second-order valence-electron chi connectivity index (χ2n) is 3.69. The van der Waals surface area contributed by atoms with E-state index < -0.39 is 0 Å². The fourth-order valence-electron chi connectivity index (χ4n) is 1.79. The summed E-state index contributed by atoms with van der Waals surface area (Å²) >= 11 is 0. The molecule has 1 fully saturated rings. The van der Waals surface area contributed by atoms with Crippen molar-refractivity contribution in [3.05, 3.63) is 40.8 Å². The summed E-state index contributed by atoms with van der Waals surface area (Å²) in [5.74, 6) is 0. The zero-order valence-corrected chi connectivity index (χ0v) is 7.68. The molecule has 0 saturated heterocycles. The van der Waals surface area contributed by atoms with E-state index in [-0.39, 0.29) is 5.56 Å². The van der Waals surface area contributed by atoms with Crippen LogP contribution in [0.5, 0.6) is 0 Å². The van der Waals surface area contributed by atoms with E-state index in [9.17, 15) is 4.79 Å². The molecule has 3 heteroatoms. The Morgan fingerprint density at radius 1 is 1.29 bits per heavy atom. The second-order valence-corrected chi connectivity index (χ2v) is 3.69. The number of fused-ring (bicyclic) bond motifs is 1. The smallest absolute Gasteiger partial charge is 0.269 e. The molecule has 70 valence electrons. The lowest BCUT2D eigenvalue weighted by molar-refractivity contribution is 0.733. The highest BCUT2D eigenvalue weighted by Crippen LogP contribution is 2.35. The van der Waals surface area contributed by atoms with Crippen molar-refractivity contribution >= 4 is 11.0 Å². The van der Waals surface area contributed by atoms with Crippen LogP contribution in [-0.4, -0.2) is 9.55 Å². The molecule has 0 radical (unpaired) electrons. The molecule has 1 aliphatic rings. The highest BCUT2D eigenvalue weighted by Gasteiger charge is 2.25. The zero-order chi connectivity index (χ0) is 9.54. The molecular weight excluding hydrogens is 176 g/mol. The van der Waals surface area contributed by atoms with Gasteiger partial charge in [-0.3, -0.25) is 4.79 Å². The number of hydrogen-bond acceptors (Lipinski definition) is 2. The highest BCUT2D eigenvalue weighted by atomic mass is 16.1. The van der Waals surface area contributed by atoms with Gasteiger partial charge in [0.1, 0.15) is 0 Å². The van der Waals surface area contributed by atoms with Gasteiger partial charge >= 0.3 is 0 Å². The predicted molar refractivity (Wildman–Crippen MR) is 54.3 cm³/mol. The van der Waals surface area contributed by atoms with Gasteiger partial charge in [0.05, 0.1) is 17.2 Å².